The molecule has 1 aliphatic heterocycles. The molecule has 8 heteroatoms. The number of nitrogens with zero attached hydrogens (tertiary/aromatic N) is 3. The maximum absolute atomic E-state index is 9.75. The van der Waals surface area contributed by atoms with Crippen LogP contribution < -0.4 is 5.73 Å². The first-order chi connectivity index (χ1) is 8.70. The lowest BCUT2D eigenvalue weighted by Crippen LogP contribution is -2.24. The summed E-state index contributed by atoms with van der Waals surface area (Å²) in [5, 5.41) is 19.7. The van der Waals surface area contributed by atoms with Gasteiger partial charge in [-0.1, -0.05) is 0 Å². The molecule has 0 unspecified atom stereocenters. The summed E-state index contributed by atoms with van der Waals surface area (Å²) in [6, 6.07) is 0. The van der Waals surface area contributed by atoms with Crippen LogP contribution in [0.3, 0.4) is 0 Å². The molecule has 2 aromatic heterocycles. The van der Waals surface area contributed by atoms with Crippen LogP contribution in [0.25, 0.3) is 10.8 Å². The largest absolute Gasteiger partial charge is 0.394 e. The number of hydrogen-bond donors (Lipinski definition) is 3. The number of aliphatic hydroxyl groups excluding tert-OH is 2. The molecule has 2 aromatic rings. The molecule has 3 rings (SSSR count). The van der Waals surface area contributed by atoms with E-state index in [0.29, 0.717) is 12.2 Å². The second-order valence-electron chi connectivity index (χ2n) is 4.20. The number of nitrogens with two attached hydrogens (primary N) is 1. The fraction of sp³-hybridized carbons (Fsp3) is 0.500. The van der Waals surface area contributed by atoms with Gasteiger partial charge in [-0.2, -0.15) is 0 Å². The molecule has 0 spiro atoms. The Morgan fingerprint density at radius 2 is 2.39 bits per heavy atom. The fourth-order valence-electron chi connectivity index (χ4n) is 2.17. The van der Waals surface area contributed by atoms with Crippen molar-refractivity contribution in [2.45, 2.75) is 24.9 Å². The molecule has 18 heavy (non-hydrogen) atoms. The summed E-state index contributed by atoms with van der Waals surface area (Å²) in [5.41, 5.74) is 6.58. The third kappa shape index (κ3) is 1.76. The summed E-state index contributed by atoms with van der Waals surface area (Å²) in [6.45, 7) is -0.198. The molecular weight excluding hydrogens is 255 g/mol. The van der Waals surface area contributed by atoms with Crippen molar-refractivity contribution in [1.29, 1.82) is 0 Å². The van der Waals surface area contributed by atoms with Gasteiger partial charge in [0.15, 0.2) is 5.82 Å². The molecule has 1 saturated heterocycles. The monoisotopic (exact) mass is 268 g/mol. The van der Waals surface area contributed by atoms with Gasteiger partial charge < -0.3 is 25.3 Å². The van der Waals surface area contributed by atoms with Gasteiger partial charge in [-0.05, 0) is 8.19 Å². The molecule has 0 bridgehead atoms. The van der Waals surface area contributed by atoms with Gasteiger partial charge in [0.25, 0.3) is 0 Å². The highest BCUT2D eigenvalue weighted by molar-refractivity contribution is 7.35. The number of rotatable bonds is 2. The first-order valence-corrected chi connectivity index (χ1v) is 6.54. The zero-order chi connectivity index (χ0) is 12.7. The highest BCUT2D eigenvalue weighted by Gasteiger charge is 2.35. The zero-order valence-electron chi connectivity index (χ0n) is 9.47. The molecule has 3 heterocycles. The van der Waals surface area contributed by atoms with Crippen LogP contribution in [0.2, 0.25) is 0 Å². The molecule has 1 aliphatic rings. The predicted octanol–water partition coefficient (Wildman–Crippen LogP) is 0.234. The minimum absolute atomic E-state index is 0.198. The van der Waals surface area contributed by atoms with Gasteiger partial charge in [0.1, 0.15) is 29.4 Å². The summed E-state index contributed by atoms with van der Waals surface area (Å²) in [7, 11) is 0.923. The number of ether oxygens (including phenoxy) is 1. The standard InChI is InChI=1S/C10H13N4O3P/c11-9-8-10(13-3-12-9)18-4-14(8)7-1-5(16)6(2-15)17-7/h3-7,15-16H,1-2H2,(H2,11,12,13)/t5-,6+,7+/m0/s1. The van der Waals surface area contributed by atoms with Gasteiger partial charge in [0, 0.05) is 12.3 Å². The molecule has 1 fully saturated rings. The van der Waals surface area contributed by atoms with Gasteiger partial charge in [-0.3, -0.25) is 0 Å². The van der Waals surface area contributed by atoms with Crippen molar-refractivity contribution in [3.05, 3.63) is 12.3 Å². The normalized spacial score (nSPS) is 28.4. The molecule has 4 N–H and O–H groups in total. The number of nitrogen functional groups attached to an aromatic ring is 1. The van der Waals surface area contributed by atoms with Crippen LogP contribution in [-0.2, 0) is 4.74 Å². The molecule has 0 aromatic carbocycles. The van der Waals surface area contributed by atoms with Crippen LogP contribution in [0.5, 0.6) is 0 Å². The van der Waals surface area contributed by atoms with E-state index in [1.165, 1.54) is 6.33 Å². The quantitative estimate of drug-likeness (QED) is 0.720. The third-order valence-corrected chi connectivity index (χ3v) is 4.02. The van der Waals surface area contributed by atoms with Gasteiger partial charge in [-0.15, -0.1) is 0 Å². The van der Waals surface area contributed by atoms with Crippen LogP contribution in [0.1, 0.15) is 12.6 Å². The van der Waals surface area contributed by atoms with Crippen molar-refractivity contribution in [2.75, 3.05) is 12.3 Å². The van der Waals surface area contributed by atoms with Gasteiger partial charge in [0.2, 0.25) is 0 Å². The number of aliphatic hydroxyl groups is 2. The van der Waals surface area contributed by atoms with Gasteiger partial charge in [-0.25, -0.2) is 9.97 Å². The average molecular weight is 268 g/mol. The molecule has 0 amide bonds. The molecular formula is C10H13N4O3P. The van der Waals surface area contributed by atoms with Crippen LogP contribution in [0.4, 0.5) is 5.82 Å². The van der Waals surface area contributed by atoms with Crippen LogP contribution in [-0.4, -0.2) is 43.6 Å². The van der Waals surface area contributed by atoms with Gasteiger partial charge in [0.05, 0.1) is 12.7 Å². The van der Waals surface area contributed by atoms with E-state index in [4.69, 9.17) is 15.6 Å². The molecule has 96 valence electrons. The summed E-state index contributed by atoms with van der Waals surface area (Å²) in [5.74, 6) is 2.29. The SMILES string of the molecule is Nc1ncnc2pcn([C@H]3C[C@H](O)[C@@H](CO)O3)c12. The molecule has 0 aliphatic carbocycles. The molecule has 0 saturated carbocycles. The summed E-state index contributed by atoms with van der Waals surface area (Å²) >= 11 is 0. The summed E-state index contributed by atoms with van der Waals surface area (Å²) < 4.78 is 7.44. The Labute approximate surface area is 104 Å². The van der Waals surface area contributed by atoms with E-state index in [2.05, 4.69) is 9.97 Å². The lowest BCUT2D eigenvalue weighted by molar-refractivity contribution is -0.0427. The van der Waals surface area contributed by atoms with Crippen molar-refractivity contribution >= 4 is 24.8 Å². The van der Waals surface area contributed by atoms with E-state index >= 15 is 0 Å². The molecule has 0 radical (unpaired) electrons. The second kappa shape index (κ2) is 4.44. The lowest BCUT2D eigenvalue weighted by atomic mass is 10.2. The Morgan fingerprint density at radius 3 is 3.11 bits per heavy atom. The Kier molecular flexibility index (Phi) is 2.91. The predicted molar refractivity (Wildman–Crippen MR) is 66.1 cm³/mol. The Bertz CT molecular complexity index is 575. The lowest BCUT2D eigenvalue weighted by Gasteiger charge is -2.14. The first kappa shape index (κ1) is 11.8. The Morgan fingerprint density at radius 1 is 1.56 bits per heavy atom. The zero-order valence-corrected chi connectivity index (χ0v) is 10.4. The molecule has 7 nitrogen and oxygen atoms in total. The third-order valence-electron chi connectivity index (χ3n) is 3.09. The van der Waals surface area contributed by atoms with Crippen LogP contribution >= 0.6 is 8.19 Å². The van der Waals surface area contributed by atoms with Gasteiger partial charge >= 0.3 is 0 Å². The Hall–Kier alpha value is -1.27. The van der Waals surface area contributed by atoms with Crippen molar-refractivity contribution in [3.63, 3.8) is 0 Å². The first-order valence-electron chi connectivity index (χ1n) is 5.58. The van der Waals surface area contributed by atoms with E-state index in [-0.39, 0.29) is 12.8 Å². The van der Waals surface area contributed by atoms with E-state index in [1.54, 1.807) is 0 Å². The van der Waals surface area contributed by atoms with Crippen molar-refractivity contribution in [2.24, 2.45) is 0 Å². The fourth-order valence-corrected chi connectivity index (χ4v) is 3.14. The van der Waals surface area contributed by atoms with Crippen molar-refractivity contribution < 1.29 is 14.9 Å². The van der Waals surface area contributed by atoms with Crippen molar-refractivity contribution in [3.8, 4) is 0 Å². The van der Waals surface area contributed by atoms with Crippen LogP contribution in [0.15, 0.2) is 12.3 Å². The maximum Gasteiger partial charge on any atom is 0.151 e. The number of hydrogen-bond acceptors (Lipinski definition) is 6. The van der Waals surface area contributed by atoms with E-state index in [9.17, 15) is 5.11 Å². The molecule has 3 atom stereocenters. The second-order valence-corrected chi connectivity index (χ2v) is 5.11. The smallest absolute Gasteiger partial charge is 0.151 e. The average Bonchev–Trinajstić information content (AvgIpc) is 2.93. The van der Waals surface area contributed by atoms with Crippen molar-refractivity contribution in [1.82, 2.24) is 14.5 Å². The van der Waals surface area contributed by atoms with E-state index in [0.717, 1.165) is 19.0 Å². The number of anilines is 1. The highest BCUT2D eigenvalue weighted by Crippen LogP contribution is 2.35. The maximum atomic E-state index is 9.75. The topological polar surface area (TPSA) is 106 Å². The minimum atomic E-state index is -0.667. The van der Waals surface area contributed by atoms with E-state index < -0.39 is 12.2 Å². The number of fused-ring (bicyclic) bond motifs is 1. The summed E-state index contributed by atoms with van der Waals surface area (Å²) in [6.07, 6.45) is 0.305. The minimum Gasteiger partial charge on any atom is -0.394 e. The summed E-state index contributed by atoms with van der Waals surface area (Å²) in [4.78, 5) is 8.12. The van der Waals surface area contributed by atoms with E-state index in [1.807, 2.05) is 10.5 Å². The van der Waals surface area contributed by atoms with Crippen LogP contribution in [0, 0.1) is 0 Å². The highest BCUT2D eigenvalue weighted by atomic mass is 31.0. The number of aromatic nitrogens is 3. The Balaban J connectivity index is 2.01.